The van der Waals surface area contributed by atoms with Gasteiger partial charge in [-0.3, -0.25) is 4.57 Å². The maximum Gasteiger partial charge on any atom is 0.238 e. The third-order valence-corrected chi connectivity index (χ3v) is 11.7. The summed E-state index contributed by atoms with van der Waals surface area (Å²) in [5.41, 5.74) is 16.9. The van der Waals surface area contributed by atoms with Crippen LogP contribution in [-0.2, 0) is 0 Å². The van der Waals surface area contributed by atoms with Gasteiger partial charge in [-0.25, -0.2) is 4.98 Å². The monoisotopic (exact) mass is 715 g/mol. The molecule has 0 bridgehead atoms. The first-order valence-corrected chi connectivity index (χ1v) is 19.2. The van der Waals surface area contributed by atoms with Crippen LogP contribution in [0.15, 0.2) is 152 Å². The van der Waals surface area contributed by atoms with E-state index >= 15 is 0 Å². The lowest BCUT2D eigenvalue weighted by Crippen LogP contribution is -2.55. The molecule has 0 aliphatic carbocycles. The van der Waals surface area contributed by atoms with Gasteiger partial charge in [0.05, 0.1) is 16.7 Å². The van der Waals surface area contributed by atoms with E-state index in [1.54, 1.807) is 0 Å². The maximum atomic E-state index is 5.45. The number of anilines is 2. The average molecular weight is 715 g/mol. The average Bonchev–Trinajstić information content (AvgIpc) is 3.58. The van der Waals surface area contributed by atoms with Gasteiger partial charge in [0.25, 0.3) is 0 Å². The van der Waals surface area contributed by atoms with Crippen LogP contribution in [0, 0.1) is 0 Å². The van der Waals surface area contributed by atoms with Gasteiger partial charge in [-0.15, -0.1) is 16.4 Å². The van der Waals surface area contributed by atoms with Gasteiger partial charge in [0.2, 0.25) is 5.95 Å². The van der Waals surface area contributed by atoms with E-state index in [1.807, 2.05) is 6.07 Å². The molecule has 56 heavy (non-hydrogen) atoms. The van der Waals surface area contributed by atoms with E-state index in [0.717, 1.165) is 66.6 Å². The minimum Gasteiger partial charge on any atom is -0.344 e. The van der Waals surface area contributed by atoms with Crippen molar-refractivity contribution in [2.24, 2.45) is 0 Å². The summed E-state index contributed by atoms with van der Waals surface area (Å²) in [5.74, 6) is 1.88. The third kappa shape index (κ3) is 5.93. The van der Waals surface area contributed by atoms with Gasteiger partial charge in [0.15, 0.2) is 11.6 Å². The van der Waals surface area contributed by atoms with E-state index in [1.165, 1.54) is 27.3 Å². The first-order valence-electron chi connectivity index (χ1n) is 19.2. The van der Waals surface area contributed by atoms with Crippen molar-refractivity contribution in [2.75, 3.05) is 11.9 Å². The zero-order chi connectivity index (χ0) is 38.5. The second-order valence-corrected chi connectivity index (χ2v) is 14.7. The normalized spacial score (nSPS) is 11.3. The number of nitrogens with zero attached hydrogens (tertiary/aromatic N) is 5. The molecule has 2 aromatic heterocycles. The molecular formula is C46H38B5N5. The lowest BCUT2D eigenvalue weighted by Gasteiger charge is -2.24. The molecule has 0 aliphatic heterocycles. The van der Waals surface area contributed by atoms with Crippen molar-refractivity contribution in [3.63, 3.8) is 0 Å². The second-order valence-electron chi connectivity index (χ2n) is 14.7. The number of para-hydroxylation sites is 2. The Kier molecular flexibility index (Phi) is 8.97. The van der Waals surface area contributed by atoms with Gasteiger partial charge in [-0.2, -0.15) is 9.97 Å². The molecule has 9 aromatic rings. The van der Waals surface area contributed by atoms with Crippen LogP contribution >= 0.6 is 0 Å². The first-order chi connectivity index (χ1) is 27.3. The highest BCUT2D eigenvalue weighted by Crippen LogP contribution is 2.42. The lowest BCUT2D eigenvalue weighted by atomic mass is 9.60. The van der Waals surface area contributed by atoms with Gasteiger partial charge in [-0.1, -0.05) is 132 Å². The summed E-state index contributed by atoms with van der Waals surface area (Å²) in [6.07, 6.45) is 0. The van der Waals surface area contributed by atoms with E-state index in [4.69, 9.17) is 15.0 Å². The van der Waals surface area contributed by atoms with E-state index in [9.17, 15) is 0 Å². The standard InChI is InChI=1S/C46H38B5N5/c1-55(29-19-9-4-10-20-29)36-26-37-34(25-33(36)28-17-7-3-8-18-28)31-22-13-14-24-35(31)56(37)46-53-44(32-23-12-11-21-30(32)27-15-5-2-6-16-27)52-45(54-46)38-39(47)41(49)43(51)42(50)40(38)48/h2-26H,47-51H2,1H3. The summed E-state index contributed by atoms with van der Waals surface area (Å²) in [6.45, 7) is 0. The highest BCUT2D eigenvalue weighted by molar-refractivity contribution is 6.68. The molecule has 0 saturated carbocycles. The Morgan fingerprint density at radius 3 is 1.62 bits per heavy atom. The lowest BCUT2D eigenvalue weighted by molar-refractivity contribution is 0.955. The fourth-order valence-electron chi connectivity index (χ4n) is 8.22. The van der Waals surface area contributed by atoms with Crippen LogP contribution in [0.5, 0.6) is 0 Å². The molecular weight excluding hydrogens is 677 g/mol. The predicted octanol–water partition coefficient (Wildman–Crippen LogP) is 2.70. The number of fused-ring (bicyclic) bond motifs is 3. The second kappa shape index (κ2) is 14.3. The SMILES string of the molecule is Bc1c(B)c(B)c(-c2nc(-c3ccccc3-c3ccccc3)nc(-n3c4ccccc4c4cc(-c5ccccc5)c(N(C)c5ccccc5)cc43)n2)c(B)c1B. The van der Waals surface area contributed by atoms with Crippen LogP contribution in [0.3, 0.4) is 0 Å². The molecule has 0 unspecified atom stereocenters. The molecule has 2 heterocycles. The molecule has 0 saturated heterocycles. The fraction of sp³-hybridized carbons (Fsp3) is 0.0217. The highest BCUT2D eigenvalue weighted by Gasteiger charge is 2.24. The molecule has 10 heteroatoms. The molecule has 0 amide bonds. The Morgan fingerprint density at radius 2 is 0.964 bits per heavy atom. The molecule has 0 fully saturated rings. The summed E-state index contributed by atoms with van der Waals surface area (Å²) in [7, 11) is 13.2. The zero-order valence-corrected chi connectivity index (χ0v) is 32.7. The topological polar surface area (TPSA) is 46.8 Å². The number of rotatable bonds is 7. The van der Waals surface area contributed by atoms with Gasteiger partial charge >= 0.3 is 0 Å². The molecule has 0 aliphatic rings. The molecule has 0 radical (unpaired) electrons. The molecule has 0 spiro atoms. The van der Waals surface area contributed by atoms with E-state index < -0.39 is 0 Å². The summed E-state index contributed by atoms with van der Waals surface area (Å²) < 4.78 is 2.24. The van der Waals surface area contributed by atoms with Crippen LogP contribution in [0.25, 0.3) is 72.8 Å². The zero-order valence-electron chi connectivity index (χ0n) is 32.7. The Labute approximate surface area is 332 Å². The first kappa shape index (κ1) is 35.2. The highest BCUT2D eigenvalue weighted by atomic mass is 15.2. The molecule has 0 N–H and O–H groups in total. The summed E-state index contributed by atoms with van der Waals surface area (Å²) >= 11 is 0. The quantitative estimate of drug-likeness (QED) is 0.239. The Bertz CT molecular complexity index is 2910. The summed E-state index contributed by atoms with van der Waals surface area (Å²) in [5, 5.41) is 2.27. The van der Waals surface area contributed by atoms with Crippen molar-refractivity contribution in [3.8, 4) is 51.0 Å². The number of aromatic nitrogens is 4. The van der Waals surface area contributed by atoms with E-state index in [-0.39, 0.29) is 0 Å². The van der Waals surface area contributed by atoms with Crippen LogP contribution in [0.4, 0.5) is 11.4 Å². The largest absolute Gasteiger partial charge is 0.344 e. The van der Waals surface area contributed by atoms with Crippen LogP contribution in [0.2, 0.25) is 0 Å². The van der Waals surface area contributed by atoms with Crippen LogP contribution in [-0.4, -0.2) is 65.8 Å². The summed E-state index contributed by atoms with van der Waals surface area (Å²) in [6, 6.07) is 53.4. The van der Waals surface area contributed by atoms with Crippen molar-refractivity contribution < 1.29 is 0 Å². The molecule has 262 valence electrons. The minimum atomic E-state index is 0.578. The Hall–Kier alpha value is -6.53. The molecule has 9 rings (SSSR count). The number of benzene rings is 7. The van der Waals surface area contributed by atoms with Gasteiger partial charge < -0.3 is 4.90 Å². The molecule has 7 aromatic carbocycles. The van der Waals surface area contributed by atoms with E-state index in [2.05, 4.69) is 201 Å². The van der Waals surface area contributed by atoms with Crippen LogP contribution in [0.1, 0.15) is 0 Å². The van der Waals surface area contributed by atoms with Crippen molar-refractivity contribution in [3.05, 3.63) is 152 Å². The number of hydrogen-bond acceptors (Lipinski definition) is 4. The summed E-state index contributed by atoms with van der Waals surface area (Å²) in [4.78, 5) is 18.5. The fourth-order valence-corrected chi connectivity index (χ4v) is 8.22. The predicted molar refractivity (Wildman–Crippen MR) is 251 cm³/mol. The van der Waals surface area contributed by atoms with Crippen molar-refractivity contribution in [1.29, 1.82) is 0 Å². The maximum absolute atomic E-state index is 5.45. The smallest absolute Gasteiger partial charge is 0.238 e. The number of hydrogen-bond donors (Lipinski definition) is 0. The third-order valence-electron chi connectivity index (χ3n) is 11.7. The van der Waals surface area contributed by atoms with Crippen molar-refractivity contribution in [2.45, 2.75) is 0 Å². The van der Waals surface area contributed by atoms with Gasteiger partial charge in [0.1, 0.15) is 39.2 Å². The van der Waals surface area contributed by atoms with Crippen molar-refractivity contribution in [1.82, 2.24) is 19.5 Å². The Morgan fingerprint density at radius 1 is 0.446 bits per heavy atom. The van der Waals surface area contributed by atoms with Gasteiger partial charge in [0, 0.05) is 40.2 Å². The molecule has 0 atom stereocenters. The minimum absolute atomic E-state index is 0.578. The van der Waals surface area contributed by atoms with Gasteiger partial charge in [-0.05, 0) is 47.0 Å². The van der Waals surface area contributed by atoms with Crippen molar-refractivity contribution >= 4 is 99.7 Å². The Balaban J connectivity index is 1.39. The van der Waals surface area contributed by atoms with E-state index in [0.29, 0.717) is 17.6 Å². The molecule has 5 nitrogen and oxygen atoms in total. The van der Waals surface area contributed by atoms with Crippen LogP contribution < -0.4 is 32.2 Å².